The topological polar surface area (TPSA) is 26.3 Å². The Labute approximate surface area is 124 Å². The van der Waals surface area contributed by atoms with Crippen LogP contribution in [0.5, 0.6) is 0 Å². The van der Waals surface area contributed by atoms with Crippen molar-refractivity contribution in [2.45, 2.75) is 32.8 Å². The lowest BCUT2D eigenvalue weighted by molar-refractivity contribution is 0.0688. The van der Waals surface area contributed by atoms with E-state index >= 15 is 0 Å². The van der Waals surface area contributed by atoms with Crippen LogP contribution < -0.4 is 0 Å². The van der Waals surface area contributed by atoms with Gasteiger partial charge in [-0.25, -0.2) is 0 Å². The van der Waals surface area contributed by atoms with Gasteiger partial charge < -0.3 is 4.74 Å². The number of ketones is 1. The van der Waals surface area contributed by atoms with E-state index < -0.39 is 0 Å². The largest absolute Gasteiger partial charge is 0.377 e. The van der Waals surface area contributed by atoms with Gasteiger partial charge in [-0.05, 0) is 37.5 Å². The van der Waals surface area contributed by atoms with Crippen molar-refractivity contribution in [3.8, 4) is 0 Å². The highest BCUT2D eigenvalue weighted by molar-refractivity contribution is 9.11. The second-order valence-electron chi connectivity index (χ2n) is 4.66. The lowest BCUT2D eigenvalue weighted by Gasteiger charge is -2.17. The minimum atomic E-state index is 0.000839. The molecule has 2 atom stereocenters. The number of carbonyl (C=O) groups is 1. The van der Waals surface area contributed by atoms with Crippen LogP contribution in [0.4, 0.5) is 0 Å². The fraction of sp³-hybridized carbons (Fsp3) is 0.500. The molecule has 98 valence electrons. The first-order valence-corrected chi connectivity index (χ1v) is 7.74. The van der Waals surface area contributed by atoms with Gasteiger partial charge in [0.05, 0.1) is 12.0 Å². The monoisotopic (exact) mass is 374 g/mol. The van der Waals surface area contributed by atoms with Crippen LogP contribution in [0, 0.1) is 12.8 Å². The van der Waals surface area contributed by atoms with E-state index in [4.69, 9.17) is 4.74 Å². The van der Waals surface area contributed by atoms with Gasteiger partial charge in [0, 0.05) is 21.1 Å². The predicted octanol–water partition coefficient (Wildman–Crippen LogP) is 4.52. The molecule has 0 aromatic heterocycles. The molecule has 18 heavy (non-hydrogen) atoms. The molecular weight excluding hydrogens is 360 g/mol. The second kappa shape index (κ2) is 5.85. The number of halogens is 2. The predicted molar refractivity (Wildman–Crippen MR) is 79.0 cm³/mol. The SMILES string of the molecule is CCC1OCCC1C(=O)c1cc(Br)c(C)cc1Br. The van der Waals surface area contributed by atoms with Crippen LogP contribution in [0.1, 0.15) is 35.7 Å². The molecule has 0 amide bonds. The molecule has 1 aliphatic heterocycles. The molecule has 1 saturated heterocycles. The van der Waals surface area contributed by atoms with Crippen LogP contribution in [0.3, 0.4) is 0 Å². The van der Waals surface area contributed by atoms with E-state index in [1.807, 2.05) is 19.1 Å². The Hall–Kier alpha value is -0.190. The van der Waals surface area contributed by atoms with E-state index in [1.165, 1.54) is 0 Å². The molecule has 2 rings (SSSR count). The average Bonchev–Trinajstić information content (AvgIpc) is 2.81. The zero-order chi connectivity index (χ0) is 13.3. The Morgan fingerprint density at radius 2 is 2.11 bits per heavy atom. The molecule has 4 heteroatoms. The minimum Gasteiger partial charge on any atom is -0.377 e. The third-order valence-electron chi connectivity index (χ3n) is 3.46. The highest BCUT2D eigenvalue weighted by Crippen LogP contribution is 2.32. The van der Waals surface area contributed by atoms with E-state index in [9.17, 15) is 4.79 Å². The molecule has 0 saturated carbocycles. The fourth-order valence-electron chi connectivity index (χ4n) is 2.39. The van der Waals surface area contributed by atoms with Crippen molar-refractivity contribution >= 4 is 37.6 Å². The maximum atomic E-state index is 12.6. The van der Waals surface area contributed by atoms with E-state index in [-0.39, 0.29) is 17.8 Å². The van der Waals surface area contributed by atoms with Crippen molar-refractivity contribution in [1.82, 2.24) is 0 Å². The van der Waals surface area contributed by atoms with E-state index in [0.717, 1.165) is 32.9 Å². The molecule has 1 fully saturated rings. The Balaban J connectivity index is 2.31. The van der Waals surface area contributed by atoms with Crippen LogP contribution in [0.25, 0.3) is 0 Å². The van der Waals surface area contributed by atoms with Crippen molar-refractivity contribution in [3.05, 3.63) is 32.2 Å². The summed E-state index contributed by atoms with van der Waals surface area (Å²) in [5.41, 5.74) is 1.87. The molecule has 0 spiro atoms. The number of carbonyl (C=O) groups excluding carboxylic acids is 1. The highest BCUT2D eigenvalue weighted by Gasteiger charge is 2.34. The van der Waals surface area contributed by atoms with Crippen molar-refractivity contribution in [2.75, 3.05) is 6.61 Å². The summed E-state index contributed by atoms with van der Waals surface area (Å²) in [5.74, 6) is 0.188. The number of Topliss-reactive ketones (excluding diaryl/α,β-unsaturated/α-hetero) is 1. The normalized spacial score (nSPS) is 23.3. The van der Waals surface area contributed by atoms with Crippen molar-refractivity contribution in [1.29, 1.82) is 0 Å². The van der Waals surface area contributed by atoms with Crippen LogP contribution in [0.15, 0.2) is 21.1 Å². The fourth-order valence-corrected chi connectivity index (χ4v) is 3.38. The second-order valence-corrected chi connectivity index (χ2v) is 6.37. The van der Waals surface area contributed by atoms with E-state index in [2.05, 4.69) is 38.8 Å². The molecule has 1 aliphatic rings. The van der Waals surface area contributed by atoms with Gasteiger partial charge in [-0.15, -0.1) is 0 Å². The van der Waals surface area contributed by atoms with Crippen LogP contribution in [0.2, 0.25) is 0 Å². The summed E-state index contributed by atoms with van der Waals surface area (Å²) in [7, 11) is 0. The quantitative estimate of drug-likeness (QED) is 0.726. The van der Waals surface area contributed by atoms with Gasteiger partial charge in [-0.2, -0.15) is 0 Å². The van der Waals surface area contributed by atoms with Crippen molar-refractivity contribution in [2.24, 2.45) is 5.92 Å². The molecule has 0 aliphatic carbocycles. The summed E-state index contributed by atoms with van der Waals surface area (Å²) >= 11 is 6.97. The molecule has 1 aromatic carbocycles. The third kappa shape index (κ3) is 2.70. The Bertz CT molecular complexity index is 471. The first-order chi connectivity index (χ1) is 8.54. The molecule has 0 radical (unpaired) electrons. The van der Waals surface area contributed by atoms with Crippen LogP contribution in [-0.4, -0.2) is 18.5 Å². The summed E-state index contributed by atoms with van der Waals surface area (Å²) < 4.78 is 7.45. The Morgan fingerprint density at radius 3 is 2.78 bits per heavy atom. The molecule has 0 N–H and O–H groups in total. The average molecular weight is 376 g/mol. The smallest absolute Gasteiger partial charge is 0.169 e. The van der Waals surface area contributed by atoms with E-state index in [1.54, 1.807) is 0 Å². The summed E-state index contributed by atoms with van der Waals surface area (Å²) in [6, 6.07) is 3.89. The molecule has 2 unspecified atom stereocenters. The Kier molecular flexibility index (Phi) is 4.62. The third-order valence-corrected chi connectivity index (χ3v) is 4.97. The van der Waals surface area contributed by atoms with Gasteiger partial charge in [-0.1, -0.05) is 38.8 Å². The molecular formula is C14H16Br2O2. The van der Waals surface area contributed by atoms with Gasteiger partial charge in [0.25, 0.3) is 0 Å². The standard InChI is InChI=1S/C14H16Br2O2/c1-3-13-9(4-5-18-13)14(17)10-7-11(15)8(2)6-12(10)16/h6-7,9,13H,3-5H2,1-2H3. The van der Waals surface area contributed by atoms with Gasteiger partial charge >= 0.3 is 0 Å². The maximum Gasteiger partial charge on any atom is 0.169 e. The first-order valence-electron chi connectivity index (χ1n) is 6.16. The number of hydrogen-bond acceptors (Lipinski definition) is 2. The summed E-state index contributed by atoms with van der Waals surface area (Å²) in [4.78, 5) is 12.6. The number of aryl methyl sites for hydroxylation is 1. The lowest BCUT2D eigenvalue weighted by atomic mass is 9.90. The Morgan fingerprint density at radius 1 is 1.39 bits per heavy atom. The van der Waals surface area contributed by atoms with Crippen LogP contribution in [-0.2, 0) is 4.74 Å². The summed E-state index contributed by atoms with van der Waals surface area (Å²) in [5, 5.41) is 0. The number of benzene rings is 1. The molecule has 2 nitrogen and oxygen atoms in total. The number of hydrogen-bond donors (Lipinski definition) is 0. The van der Waals surface area contributed by atoms with Gasteiger partial charge in [0.1, 0.15) is 0 Å². The van der Waals surface area contributed by atoms with Gasteiger partial charge in [-0.3, -0.25) is 4.79 Å². The van der Waals surface area contributed by atoms with Crippen molar-refractivity contribution in [3.63, 3.8) is 0 Å². The molecule has 0 bridgehead atoms. The van der Waals surface area contributed by atoms with Gasteiger partial charge in [0.2, 0.25) is 0 Å². The van der Waals surface area contributed by atoms with Gasteiger partial charge in [0.15, 0.2) is 5.78 Å². The maximum absolute atomic E-state index is 12.6. The first kappa shape index (κ1) is 14.2. The minimum absolute atomic E-state index is 0.000839. The molecule has 1 heterocycles. The zero-order valence-electron chi connectivity index (χ0n) is 10.5. The van der Waals surface area contributed by atoms with Crippen LogP contribution >= 0.6 is 31.9 Å². The molecule has 1 aromatic rings. The zero-order valence-corrected chi connectivity index (χ0v) is 13.7. The number of rotatable bonds is 3. The lowest BCUT2D eigenvalue weighted by Crippen LogP contribution is -2.24. The summed E-state index contributed by atoms with van der Waals surface area (Å²) in [6.45, 7) is 4.77. The summed E-state index contributed by atoms with van der Waals surface area (Å²) in [6.07, 6.45) is 1.79. The number of ether oxygens (including phenoxy) is 1. The van der Waals surface area contributed by atoms with Crippen molar-refractivity contribution < 1.29 is 9.53 Å². The van der Waals surface area contributed by atoms with E-state index in [0.29, 0.717) is 6.61 Å². The highest BCUT2D eigenvalue weighted by atomic mass is 79.9.